The number of pyridine rings is 1. The summed E-state index contributed by atoms with van der Waals surface area (Å²) < 4.78 is 5.34. The first-order valence-corrected chi connectivity index (χ1v) is 6.81. The Morgan fingerprint density at radius 1 is 1.29 bits per heavy atom. The topological polar surface area (TPSA) is 59.2 Å². The Morgan fingerprint density at radius 3 is 2.52 bits per heavy atom. The van der Waals surface area contributed by atoms with Crippen LogP contribution in [-0.2, 0) is 11.2 Å². The van der Waals surface area contributed by atoms with Crippen LogP contribution in [0.5, 0.6) is 5.75 Å². The highest BCUT2D eigenvalue weighted by atomic mass is 16.5. The lowest BCUT2D eigenvalue weighted by atomic mass is 9.97. The van der Waals surface area contributed by atoms with E-state index >= 15 is 0 Å². The minimum atomic E-state index is -0.381. The number of allylic oxidation sites excluding steroid dienone is 1. The fourth-order valence-electron chi connectivity index (χ4n) is 2.50. The van der Waals surface area contributed by atoms with E-state index in [1.165, 1.54) is 6.92 Å². The van der Waals surface area contributed by atoms with E-state index in [-0.39, 0.29) is 11.5 Å². The number of fused-ring (bicyclic) bond motifs is 1. The number of aromatic amines is 1. The molecule has 0 atom stereocenters. The first-order valence-electron chi connectivity index (χ1n) is 6.81. The van der Waals surface area contributed by atoms with Crippen LogP contribution < -0.4 is 10.3 Å². The molecule has 1 N–H and O–H groups in total. The fourth-order valence-corrected chi connectivity index (χ4v) is 2.50. The van der Waals surface area contributed by atoms with Crippen LogP contribution in [0, 0.1) is 20.8 Å². The molecule has 0 amide bonds. The van der Waals surface area contributed by atoms with Crippen molar-refractivity contribution in [3.05, 3.63) is 51.3 Å². The quantitative estimate of drug-likeness (QED) is 0.535. The molecule has 0 bridgehead atoms. The van der Waals surface area contributed by atoms with Crippen LogP contribution in [0.1, 0.15) is 29.2 Å². The van der Waals surface area contributed by atoms with Gasteiger partial charge in [-0.2, -0.15) is 0 Å². The third-order valence-corrected chi connectivity index (χ3v) is 3.75. The molecule has 0 unspecified atom stereocenters. The number of benzene rings is 1. The lowest BCUT2D eigenvalue weighted by molar-refractivity contribution is -0.131. The van der Waals surface area contributed by atoms with E-state index in [0.29, 0.717) is 23.3 Å². The molecule has 0 aliphatic rings. The molecule has 0 radical (unpaired) electrons. The molecule has 0 fully saturated rings. The van der Waals surface area contributed by atoms with E-state index < -0.39 is 0 Å². The Balaban J connectivity index is 2.90. The number of carbonyl (C=O) groups is 1. The summed E-state index contributed by atoms with van der Waals surface area (Å²) in [6, 6.07) is 1.96. The SMILES string of the molecule is C=CCc1cc2c(C)c(C)c(=O)[nH]c2c(C)c1OC(C)=O. The van der Waals surface area contributed by atoms with Crippen LogP contribution in [-0.4, -0.2) is 11.0 Å². The number of nitrogens with one attached hydrogen (secondary N) is 1. The van der Waals surface area contributed by atoms with Gasteiger partial charge in [-0.05, 0) is 44.4 Å². The van der Waals surface area contributed by atoms with Crippen LogP contribution in [0.15, 0.2) is 23.5 Å². The average molecular weight is 285 g/mol. The van der Waals surface area contributed by atoms with Crippen LogP contribution in [0.2, 0.25) is 0 Å². The molecular formula is C17H19NO3. The van der Waals surface area contributed by atoms with Crippen LogP contribution in [0.4, 0.5) is 0 Å². The third-order valence-electron chi connectivity index (χ3n) is 3.75. The number of hydrogen-bond acceptors (Lipinski definition) is 3. The third kappa shape index (κ3) is 2.61. The summed E-state index contributed by atoms with van der Waals surface area (Å²) in [4.78, 5) is 26.2. The fraction of sp³-hybridized carbons (Fsp3) is 0.294. The molecule has 21 heavy (non-hydrogen) atoms. The van der Waals surface area contributed by atoms with Crippen molar-refractivity contribution in [3.63, 3.8) is 0 Å². The second kappa shape index (κ2) is 5.56. The van der Waals surface area contributed by atoms with E-state index in [9.17, 15) is 9.59 Å². The first kappa shape index (κ1) is 15.0. The van der Waals surface area contributed by atoms with Crippen molar-refractivity contribution in [2.45, 2.75) is 34.1 Å². The predicted octanol–water partition coefficient (Wildman–Crippen LogP) is 3.11. The molecule has 2 rings (SSSR count). The van der Waals surface area contributed by atoms with E-state index in [1.54, 1.807) is 13.0 Å². The maximum atomic E-state index is 12.0. The summed E-state index contributed by atoms with van der Waals surface area (Å²) >= 11 is 0. The molecule has 0 aliphatic heterocycles. The zero-order valence-electron chi connectivity index (χ0n) is 12.8. The van der Waals surface area contributed by atoms with Gasteiger partial charge in [-0.3, -0.25) is 9.59 Å². The molecule has 4 nitrogen and oxygen atoms in total. The second-order valence-corrected chi connectivity index (χ2v) is 5.20. The first-order chi connectivity index (χ1) is 9.86. The number of esters is 1. The van der Waals surface area contributed by atoms with Gasteiger partial charge < -0.3 is 9.72 Å². The molecule has 1 aromatic heterocycles. The monoisotopic (exact) mass is 285 g/mol. The summed E-state index contributed by atoms with van der Waals surface area (Å²) in [5, 5.41) is 0.970. The minimum Gasteiger partial charge on any atom is -0.426 e. The summed E-state index contributed by atoms with van der Waals surface area (Å²) in [6.07, 6.45) is 2.36. The maximum absolute atomic E-state index is 12.0. The smallest absolute Gasteiger partial charge is 0.308 e. The zero-order valence-corrected chi connectivity index (χ0v) is 12.8. The standard InChI is InChI=1S/C17H19NO3/c1-6-7-13-8-14-9(2)10(3)17(20)18-15(14)11(4)16(13)21-12(5)19/h6,8H,1,7H2,2-5H3,(H,18,20). The Labute approximate surface area is 123 Å². The molecule has 110 valence electrons. The summed E-state index contributed by atoms with van der Waals surface area (Å²) in [7, 11) is 0. The lowest BCUT2D eigenvalue weighted by Gasteiger charge is -2.15. The minimum absolute atomic E-state index is 0.117. The average Bonchev–Trinajstić information content (AvgIpc) is 2.42. The number of aryl methyl sites for hydroxylation is 2. The van der Waals surface area contributed by atoms with Gasteiger partial charge >= 0.3 is 5.97 Å². The van der Waals surface area contributed by atoms with Crippen molar-refractivity contribution in [2.24, 2.45) is 0 Å². The molecule has 2 aromatic rings. The highest BCUT2D eigenvalue weighted by molar-refractivity contribution is 5.89. The van der Waals surface area contributed by atoms with Gasteiger partial charge in [0.25, 0.3) is 5.56 Å². The number of aromatic nitrogens is 1. The second-order valence-electron chi connectivity index (χ2n) is 5.20. The molecule has 0 aliphatic carbocycles. The number of hydrogen-bond donors (Lipinski definition) is 1. The summed E-state index contributed by atoms with van der Waals surface area (Å²) in [5.41, 5.74) is 3.89. The molecular weight excluding hydrogens is 266 g/mol. The van der Waals surface area contributed by atoms with Gasteiger partial charge in [-0.1, -0.05) is 6.08 Å². The van der Waals surface area contributed by atoms with Crippen molar-refractivity contribution >= 4 is 16.9 Å². The zero-order chi connectivity index (χ0) is 15.7. The van der Waals surface area contributed by atoms with Crippen LogP contribution in [0.3, 0.4) is 0 Å². The van der Waals surface area contributed by atoms with Crippen molar-refractivity contribution in [3.8, 4) is 5.75 Å². The van der Waals surface area contributed by atoms with Gasteiger partial charge in [0, 0.05) is 23.4 Å². The lowest BCUT2D eigenvalue weighted by Crippen LogP contribution is -2.13. The number of carbonyl (C=O) groups excluding carboxylic acids is 1. The predicted molar refractivity (Wildman–Crippen MR) is 84.0 cm³/mol. The van der Waals surface area contributed by atoms with Crippen molar-refractivity contribution in [1.82, 2.24) is 4.98 Å². The van der Waals surface area contributed by atoms with Gasteiger partial charge in [-0.15, -0.1) is 6.58 Å². The highest BCUT2D eigenvalue weighted by Gasteiger charge is 2.16. The van der Waals surface area contributed by atoms with E-state index in [4.69, 9.17) is 4.74 Å². The van der Waals surface area contributed by atoms with E-state index in [1.807, 2.05) is 19.9 Å². The normalized spacial score (nSPS) is 10.7. The molecule has 0 saturated heterocycles. The largest absolute Gasteiger partial charge is 0.426 e. The molecule has 1 heterocycles. The van der Waals surface area contributed by atoms with Gasteiger partial charge in [-0.25, -0.2) is 0 Å². The van der Waals surface area contributed by atoms with Gasteiger partial charge in [0.05, 0.1) is 5.52 Å². The summed E-state index contributed by atoms with van der Waals surface area (Å²) in [5.74, 6) is 0.128. The molecule has 4 heteroatoms. The Hall–Kier alpha value is -2.36. The number of H-pyrrole nitrogens is 1. The maximum Gasteiger partial charge on any atom is 0.308 e. The molecule has 1 aromatic carbocycles. The van der Waals surface area contributed by atoms with Crippen molar-refractivity contribution in [2.75, 3.05) is 0 Å². The molecule has 0 spiro atoms. The number of ether oxygens (including phenoxy) is 1. The Kier molecular flexibility index (Phi) is 3.98. The van der Waals surface area contributed by atoms with Crippen LogP contribution >= 0.6 is 0 Å². The number of rotatable bonds is 3. The van der Waals surface area contributed by atoms with E-state index in [0.717, 1.165) is 22.1 Å². The Morgan fingerprint density at radius 2 is 1.95 bits per heavy atom. The Bertz CT molecular complexity index is 800. The van der Waals surface area contributed by atoms with Crippen molar-refractivity contribution in [1.29, 1.82) is 0 Å². The van der Waals surface area contributed by atoms with Crippen LogP contribution in [0.25, 0.3) is 10.9 Å². The highest BCUT2D eigenvalue weighted by Crippen LogP contribution is 2.32. The van der Waals surface area contributed by atoms with Gasteiger partial charge in [0.15, 0.2) is 0 Å². The van der Waals surface area contributed by atoms with Gasteiger partial charge in [0.1, 0.15) is 5.75 Å². The van der Waals surface area contributed by atoms with Crippen molar-refractivity contribution < 1.29 is 9.53 Å². The van der Waals surface area contributed by atoms with E-state index in [2.05, 4.69) is 11.6 Å². The summed E-state index contributed by atoms with van der Waals surface area (Å²) in [6.45, 7) is 10.7. The van der Waals surface area contributed by atoms with Gasteiger partial charge in [0.2, 0.25) is 0 Å². The molecule has 0 saturated carbocycles.